The molecule has 0 spiro atoms. The van der Waals surface area contributed by atoms with Gasteiger partial charge in [-0.2, -0.15) is 0 Å². The first-order chi connectivity index (χ1) is 12.7. The number of thioether (sulfide) groups is 1. The molecule has 1 fully saturated rings. The highest BCUT2D eigenvalue weighted by molar-refractivity contribution is 8.04. The van der Waals surface area contributed by atoms with E-state index in [4.69, 9.17) is 11.6 Å². The highest BCUT2D eigenvalue weighted by atomic mass is 35.5. The Hall–Kier alpha value is -1.79. The van der Waals surface area contributed by atoms with Crippen LogP contribution in [0.25, 0.3) is 0 Å². The third-order valence-electron chi connectivity index (χ3n) is 4.07. The van der Waals surface area contributed by atoms with E-state index < -0.39 is 5.25 Å². The molecule has 7 heteroatoms. The van der Waals surface area contributed by atoms with Crippen LogP contribution in [0.3, 0.4) is 0 Å². The summed E-state index contributed by atoms with van der Waals surface area (Å²) in [5.74, 6) is -0.547. The number of carbonyl (C=O) groups excluding carboxylic acids is 2. The van der Waals surface area contributed by atoms with Crippen molar-refractivity contribution in [3.05, 3.63) is 45.5 Å². The van der Waals surface area contributed by atoms with Gasteiger partial charge in [-0.3, -0.25) is 14.6 Å². The van der Waals surface area contributed by atoms with Gasteiger partial charge in [0.2, 0.25) is 5.91 Å². The van der Waals surface area contributed by atoms with Crippen molar-refractivity contribution in [2.45, 2.75) is 44.3 Å². The van der Waals surface area contributed by atoms with Gasteiger partial charge in [0.15, 0.2) is 0 Å². The van der Waals surface area contributed by atoms with Crippen LogP contribution in [-0.4, -0.2) is 37.0 Å². The first-order valence-electron chi connectivity index (χ1n) is 8.75. The molecular weight excluding hydrogens is 384 g/mol. The van der Waals surface area contributed by atoms with Gasteiger partial charge < -0.3 is 10.1 Å². The average molecular weight is 409 g/mol. The van der Waals surface area contributed by atoms with E-state index in [-0.39, 0.29) is 23.7 Å². The Morgan fingerprint density at radius 3 is 2.78 bits per heavy atom. The maximum absolute atomic E-state index is 11.8. The predicted octanol–water partition coefficient (Wildman–Crippen LogP) is 4.08. The summed E-state index contributed by atoms with van der Waals surface area (Å²) in [7, 11) is 1.32. The van der Waals surface area contributed by atoms with E-state index in [0.29, 0.717) is 18.0 Å². The summed E-state index contributed by atoms with van der Waals surface area (Å²) >= 11 is 7.70. The normalized spacial score (nSPS) is 18.9. The number of hydrogen-bond acceptors (Lipinski definition) is 5. The lowest BCUT2D eigenvalue weighted by molar-refractivity contribution is -0.141. The van der Waals surface area contributed by atoms with Crippen LogP contribution in [0.15, 0.2) is 34.3 Å². The van der Waals surface area contributed by atoms with Crippen LogP contribution in [0, 0.1) is 0 Å². The van der Waals surface area contributed by atoms with Gasteiger partial charge in [-0.15, -0.1) is 0 Å². The number of benzene rings is 1. The van der Waals surface area contributed by atoms with Crippen molar-refractivity contribution >= 4 is 41.5 Å². The summed E-state index contributed by atoms with van der Waals surface area (Å²) in [5.41, 5.74) is 2.13. The minimum absolute atomic E-state index is 0.0562. The maximum Gasteiger partial charge on any atom is 0.307 e. The Kier molecular flexibility index (Phi) is 7.50. The lowest BCUT2D eigenvalue weighted by Crippen LogP contribution is -2.24. The molecule has 1 aliphatic heterocycles. The summed E-state index contributed by atoms with van der Waals surface area (Å²) in [6.45, 7) is 7.03. The smallest absolute Gasteiger partial charge is 0.307 e. The fourth-order valence-electron chi connectivity index (χ4n) is 2.44. The number of carbonyl (C=O) groups is 2. The van der Waals surface area contributed by atoms with Crippen LogP contribution in [0.4, 0.5) is 0 Å². The van der Waals surface area contributed by atoms with Gasteiger partial charge >= 0.3 is 5.97 Å². The van der Waals surface area contributed by atoms with E-state index in [1.807, 2.05) is 18.2 Å². The Balaban J connectivity index is 1.85. The molecule has 2 rings (SSSR count). The first-order valence-corrected chi connectivity index (χ1v) is 10.0. The molecule has 1 atom stereocenters. The summed E-state index contributed by atoms with van der Waals surface area (Å²) < 4.78 is 4.60. The second-order valence-corrected chi connectivity index (χ2v) is 8.91. The minimum Gasteiger partial charge on any atom is -0.469 e. The topological polar surface area (TPSA) is 67.8 Å². The fraction of sp³-hybridized carbons (Fsp3) is 0.450. The number of hydrogen-bond donors (Lipinski definition) is 1. The molecular formula is C20H25ClN2O3S. The molecule has 27 heavy (non-hydrogen) atoms. The number of amides is 1. The number of ether oxygens (including phenoxy) is 1. The van der Waals surface area contributed by atoms with Crippen LogP contribution in [0.2, 0.25) is 5.02 Å². The van der Waals surface area contributed by atoms with Gasteiger partial charge in [-0.1, -0.05) is 62.3 Å². The Bertz CT molecular complexity index is 769. The summed E-state index contributed by atoms with van der Waals surface area (Å²) in [5, 5.41) is 3.80. The van der Waals surface area contributed by atoms with E-state index in [0.717, 1.165) is 10.6 Å². The second-order valence-electron chi connectivity index (χ2n) is 7.25. The van der Waals surface area contributed by atoms with Crippen LogP contribution in [-0.2, 0) is 19.7 Å². The zero-order chi connectivity index (χ0) is 20.0. The maximum atomic E-state index is 11.8. The molecule has 1 aromatic carbocycles. The summed E-state index contributed by atoms with van der Waals surface area (Å²) in [4.78, 5) is 27.5. The van der Waals surface area contributed by atoms with E-state index in [1.54, 1.807) is 6.21 Å². The molecule has 1 N–H and O–H groups in total. The van der Waals surface area contributed by atoms with Gasteiger partial charge in [-0.05, 0) is 23.5 Å². The van der Waals surface area contributed by atoms with Crippen LogP contribution >= 0.6 is 23.4 Å². The van der Waals surface area contributed by atoms with Gasteiger partial charge in [0, 0.05) is 23.3 Å². The second kappa shape index (κ2) is 9.42. The first kappa shape index (κ1) is 21.5. The molecule has 0 saturated carbocycles. The van der Waals surface area contributed by atoms with Crippen molar-refractivity contribution in [3.63, 3.8) is 0 Å². The number of nitrogens with zero attached hydrogens (tertiary/aromatic N) is 1. The predicted molar refractivity (Wildman–Crippen MR) is 111 cm³/mol. The van der Waals surface area contributed by atoms with Gasteiger partial charge in [0.1, 0.15) is 5.25 Å². The highest BCUT2D eigenvalue weighted by Crippen LogP contribution is 2.29. The Morgan fingerprint density at radius 2 is 2.15 bits per heavy atom. The van der Waals surface area contributed by atoms with E-state index >= 15 is 0 Å². The number of halogens is 1. The van der Waals surface area contributed by atoms with Crippen molar-refractivity contribution in [2.75, 3.05) is 13.7 Å². The van der Waals surface area contributed by atoms with Gasteiger partial charge in [-0.25, -0.2) is 0 Å². The molecule has 5 nitrogen and oxygen atoms in total. The molecule has 1 unspecified atom stereocenters. The fourth-order valence-corrected chi connectivity index (χ4v) is 3.73. The van der Waals surface area contributed by atoms with Crippen LogP contribution in [0.1, 0.15) is 44.7 Å². The van der Waals surface area contributed by atoms with Crippen molar-refractivity contribution in [1.29, 1.82) is 0 Å². The third-order valence-corrected chi connectivity index (χ3v) is 5.59. The van der Waals surface area contributed by atoms with E-state index in [2.05, 4.69) is 41.9 Å². The van der Waals surface area contributed by atoms with Gasteiger partial charge in [0.05, 0.1) is 18.6 Å². The van der Waals surface area contributed by atoms with Crippen molar-refractivity contribution < 1.29 is 14.3 Å². The van der Waals surface area contributed by atoms with Crippen LogP contribution < -0.4 is 5.32 Å². The number of aliphatic imine (C=N–C) groups is 1. The Morgan fingerprint density at radius 1 is 1.41 bits per heavy atom. The largest absolute Gasteiger partial charge is 0.469 e. The molecule has 1 aliphatic rings. The molecule has 1 aromatic rings. The summed E-state index contributed by atoms with van der Waals surface area (Å²) in [6.07, 6.45) is 4.45. The SMILES string of the molecule is COC(=O)CC1S/C(=C\CCN=Cc2ccc(C(C)(C)C)cc2Cl)NC1=O. The lowest BCUT2D eigenvalue weighted by atomic mass is 9.87. The number of methoxy groups -OCH3 is 1. The minimum atomic E-state index is -0.424. The van der Waals surface area contributed by atoms with Crippen molar-refractivity contribution in [3.8, 4) is 0 Å². The molecule has 1 heterocycles. The average Bonchev–Trinajstić information content (AvgIpc) is 2.94. The molecule has 1 saturated heterocycles. The van der Waals surface area contributed by atoms with Crippen molar-refractivity contribution in [2.24, 2.45) is 4.99 Å². The van der Waals surface area contributed by atoms with Crippen LogP contribution in [0.5, 0.6) is 0 Å². The lowest BCUT2D eigenvalue weighted by Gasteiger charge is -2.19. The highest BCUT2D eigenvalue weighted by Gasteiger charge is 2.30. The van der Waals surface area contributed by atoms with E-state index in [9.17, 15) is 9.59 Å². The molecule has 0 aromatic heterocycles. The summed E-state index contributed by atoms with van der Waals surface area (Å²) in [6, 6.07) is 6.04. The Labute approximate surface area is 169 Å². The number of nitrogens with one attached hydrogen (secondary N) is 1. The van der Waals surface area contributed by atoms with Gasteiger partial charge in [0.25, 0.3) is 0 Å². The zero-order valence-corrected chi connectivity index (χ0v) is 17.6. The third kappa shape index (κ3) is 6.40. The standard InChI is InChI=1S/C20H25ClN2O3S/c1-20(2,3)14-8-7-13(15(21)10-14)12-22-9-5-6-17-23-19(25)16(27-17)11-18(24)26-4/h6-8,10,12,16H,5,9,11H2,1-4H3,(H,23,25)/b17-6-,22-12?. The van der Waals surface area contributed by atoms with E-state index in [1.165, 1.54) is 24.4 Å². The molecule has 1 amide bonds. The molecule has 0 bridgehead atoms. The number of esters is 1. The zero-order valence-electron chi connectivity index (χ0n) is 16.0. The molecule has 0 radical (unpaired) electrons. The van der Waals surface area contributed by atoms with Crippen molar-refractivity contribution in [1.82, 2.24) is 5.32 Å². The monoisotopic (exact) mass is 408 g/mol. The molecule has 146 valence electrons. The number of rotatable bonds is 6. The molecule has 0 aliphatic carbocycles. The quantitative estimate of drug-likeness (QED) is 0.437.